The Morgan fingerprint density at radius 3 is 2.57 bits per heavy atom. The predicted octanol–water partition coefficient (Wildman–Crippen LogP) is 3.87. The lowest BCUT2D eigenvalue weighted by Crippen LogP contribution is -2.35. The first kappa shape index (κ1) is 17.0. The number of nitrogens with zero attached hydrogens (tertiary/aromatic N) is 2. The number of amides is 1. The summed E-state index contributed by atoms with van der Waals surface area (Å²) in [5.41, 5.74) is 0.509. The molecule has 2 rings (SSSR count). The van der Waals surface area contributed by atoms with E-state index in [1.54, 1.807) is 17.0 Å². The summed E-state index contributed by atoms with van der Waals surface area (Å²) < 4.78 is 5.37. The smallest absolute Gasteiger partial charge is 0.410 e. The second kappa shape index (κ2) is 6.81. The lowest BCUT2D eigenvalue weighted by atomic mass is 10.1. The molecule has 1 aromatic rings. The number of nitro groups is 1. The number of non-ortho nitro benzene ring substituents is 1. The van der Waals surface area contributed by atoms with Crippen LogP contribution in [0, 0.1) is 16.0 Å². The van der Waals surface area contributed by atoms with Crippen molar-refractivity contribution in [1.29, 1.82) is 0 Å². The van der Waals surface area contributed by atoms with Crippen LogP contribution in [0.25, 0.3) is 6.08 Å². The SMILES string of the molecule is CC(C)(C)OC(=O)N1CCC(/C=C/c2ccc([N+](=O)[O-])cc2)C1. The Hall–Kier alpha value is -2.37. The minimum absolute atomic E-state index is 0.0825. The van der Waals surface area contributed by atoms with Gasteiger partial charge in [0.1, 0.15) is 5.60 Å². The van der Waals surface area contributed by atoms with Crippen molar-refractivity contribution in [3.63, 3.8) is 0 Å². The fourth-order valence-electron chi connectivity index (χ4n) is 2.39. The topological polar surface area (TPSA) is 72.7 Å². The van der Waals surface area contributed by atoms with E-state index in [2.05, 4.69) is 0 Å². The first-order chi connectivity index (χ1) is 10.7. The Morgan fingerprint density at radius 2 is 2.00 bits per heavy atom. The van der Waals surface area contributed by atoms with Crippen LogP contribution in [0.3, 0.4) is 0 Å². The van der Waals surface area contributed by atoms with Crippen molar-refractivity contribution in [2.75, 3.05) is 13.1 Å². The number of carbonyl (C=O) groups excluding carboxylic acids is 1. The van der Waals surface area contributed by atoms with E-state index in [4.69, 9.17) is 4.74 Å². The average Bonchev–Trinajstić information content (AvgIpc) is 2.93. The van der Waals surface area contributed by atoms with Crippen molar-refractivity contribution in [1.82, 2.24) is 4.90 Å². The second-order valence-electron chi connectivity index (χ2n) is 6.68. The Morgan fingerprint density at radius 1 is 1.35 bits per heavy atom. The highest BCUT2D eigenvalue weighted by molar-refractivity contribution is 5.68. The lowest BCUT2D eigenvalue weighted by molar-refractivity contribution is -0.384. The number of ether oxygens (including phenoxy) is 1. The van der Waals surface area contributed by atoms with Crippen molar-refractivity contribution in [3.05, 3.63) is 46.0 Å². The molecule has 1 aliphatic heterocycles. The second-order valence-corrected chi connectivity index (χ2v) is 6.68. The standard InChI is InChI=1S/C17H22N2O4/c1-17(2,3)23-16(20)18-11-10-14(12-18)5-4-13-6-8-15(9-7-13)19(21)22/h4-9,14H,10-12H2,1-3H3/b5-4+. The average molecular weight is 318 g/mol. The Labute approximate surface area is 135 Å². The molecule has 1 saturated heterocycles. The molecule has 0 N–H and O–H groups in total. The van der Waals surface area contributed by atoms with E-state index in [1.807, 2.05) is 32.9 Å². The third-order valence-corrected chi connectivity index (χ3v) is 3.54. The molecule has 0 aliphatic carbocycles. The summed E-state index contributed by atoms with van der Waals surface area (Å²) in [4.78, 5) is 23.9. The van der Waals surface area contributed by atoms with Crippen LogP contribution in [0.2, 0.25) is 0 Å². The van der Waals surface area contributed by atoms with Crippen LogP contribution >= 0.6 is 0 Å². The number of rotatable bonds is 3. The fourth-order valence-corrected chi connectivity index (χ4v) is 2.39. The first-order valence-corrected chi connectivity index (χ1v) is 7.65. The molecule has 0 spiro atoms. The molecule has 1 aliphatic rings. The molecule has 6 nitrogen and oxygen atoms in total. The highest BCUT2D eigenvalue weighted by Crippen LogP contribution is 2.22. The molecule has 1 heterocycles. The zero-order valence-corrected chi connectivity index (χ0v) is 13.7. The molecule has 1 fully saturated rings. The summed E-state index contributed by atoms with van der Waals surface area (Å²) in [6.45, 7) is 6.88. The van der Waals surface area contributed by atoms with Gasteiger partial charge in [0.2, 0.25) is 0 Å². The third kappa shape index (κ3) is 5.09. The van der Waals surface area contributed by atoms with Crippen LogP contribution in [0.4, 0.5) is 10.5 Å². The summed E-state index contributed by atoms with van der Waals surface area (Å²) >= 11 is 0. The van der Waals surface area contributed by atoms with Crippen LogP contribution < -0.4 is 0 Å². The summed E-state index contributed by atoms with van der Waals surface area (Å²) in [5, 5.41) is 10.6. The van der Waals surface area contributed by atoms with Crippen LogP contribution in [-0.2, 0) is 4.74 Å². The van der Waals surface area contributed by atoms with E-state index >= 15 is 0 Å². The van der Waals surface area contributed by atoms with Crippen molar-refractivity contribution in [2.45, 2.75) is 32.8 Å². The Bertz CT molecular complexity index is 602. The van der Waals surface area contributed by atoms with Gasteiger partial charge in [-0.3, -0.25) is 10.1 Å². The first-order valence-electron chi connectivity index (χ1n) is 7.65. The maximum atomic E-state index is 12.0. The molecule has 23 heavy (non-hydrogen) atoms. The number of nitro benzene ring substituents is 1. The number of likely N-dealkylation sites (tertiary alicyclic amines) is 1. The van der Waals surface area contributed by atoms with Crippen LogP contribution in [0.1, 0.15) is 32.8 Å². The van der Waals surface area contributed by atoms with Crippen molar-refractivity contribution in [3.8, 4) is 0 Å². The van der Waals surface area contributed by atoms with E-state index in [0.717, 1.165) is 12.0 Å². The van der Waals surface area contributed by atoms with Gasteiger partial charge in [0, 0.05) is 25.2 Å². The summed E-state index contributed by atoms with van der Waals surface area (Å²) in [7, 11) is 0. The zero-order chi connectivity index (χ0) is 17.0. The summed E-state index contributed by atoms with van der Waals surface area (Å²) in [6.07, 6.45) is 4.60. The maximum absolute atomic E-state index is 12.0. The monoisotopic (exact) mass is 318 g/mol. The third-order valence-electron chi connectivity index (χ3n) is 3.54. The molecule has 6 heteroatoms. The predicted molar refractivity (Wildman–Crippen MR) is 88.0 cm³/mol. The normalized spacial score (nSPS) is 18.4. The van der Waals surface area contributed by atoms with Crippen molar-refractivity contribution in [2.24, 2.45) is 5.92 Å². The van der Waals surface area contributed by atoms with Crippen LogP contribution in [0.15, 0.2) is 30.3 Å². The summed E-state index contributed by atoms with van der Waals surface area (Å²) in [5.74, 6) is 0.276. The van der Waals surface area contributed by atoms with Gasteiger partial charge in [-0.25, -0.2) is 4.79 Å². The maximum Gasteiger partial charge on any atom is 0.410 e. The van der Waals surface area contributed by atoms with Gasteiger partial charge in [0.25, 0.3) is 5.69 Å². The number of hydrogen-bond donors (Lipinski definition) is 0. The van der Waals surface area contributed by atoms with E-state index in [1.165, 1.54) is 12.1 Å². The molecule has 1 amide bonds. The Kier molecular flexibility index (Phi) is 5.03. The molecular formula is C17H22N2O4. The van der Waals surface area contributed by atoms with Gasteiger partial charge in [-0.15, -0.1) is 0 Å². The van der Waals surface area contributed by atoms with E-state index in [9.17, 15) is 14.9 Å². The van der Waals surface area contributed by atoms with Gasteiger partial charge >= 0.3 is 6.09 Å². The van der Waals surface area contributed by atoms with Gasteiger partial charge in [-0.05, 0) is 50.8 Å². The summed E-state index contributed by atoms with van der Waals surface area (Å²) in [6, 6.07) is 6.41. The molecule has 124 valence electrons. The van der Waals surface area contributed by atoms with Gasteiger partial charge in [0.15, 0.2) is 0 Å². The van der Waals surface area contributed by atoms with E-state index < -0.39 is 10.5 Å². The lowest BCUT2D eigenvalue weighted by Gasteiger charge is -2.24. The number of hydrogen-bond acceptors (Lipinski definition) is 4. The highest BCUT2D eigenvalue weighted by atomic mass is 16.6. The van der Waals surface area contributed by atoms with Gasteiger partial charge < -0.3 is 9.64 Å². The van der Waals surface area contributed by atoms with Gasteiger partial charge in [-0.1, -0.05) is 12.2 Å². The van der Waals surface area contributed by atoms with E-state index in [-0.39, 0.29) is 17.7 Å². The minimum atomic E-state index is -0.482. The zero-order valence-electron chi connectivity index (χ0n) is 13.7. The number of carbonyl (C=O) groups is 1. The largest absolute Gasteiger partial charge is 0.444 e. The fraction of sp³-hybridized carbons (Fsp3) is 0.471. The van der Waals surface area contributed by atoms with Gasteiger partial charge in [-0.2, -0.15) is 0 Å². The molecule has 0 radical (unpaired) electrons. The molecule has 0 saturated carbocycles. The molecule has 1 unspecified atom stereocenters. The molecule has 1 atom stereocenters. The van der Waals surface area contributed by atoms with Crippen molar-refractivity contribution >= 4 is 17.9 Å². The van der Waals surface area contributed by atoms with Crippen molar-refractivity contribution < 1.29 is 14.5 Å². The van der Waals surface area contributed by atoms with Gasteiger partial charge in [0.05, 0.1) is 4.92 Å². The van der Waals surface area contributed by atoms with E-state index in [0.29, 0.717) is 13.1 Å². The highest BCUT2D eigenvalue weighted by Gasteiger charge is 2.28. The molecule has 1 aromatic carbocycles. The molecular weight excluding hydrogens is 296 g/mol. The quantitative estimate of drug-likeness (QED) is 0.626. The number of benzene rings is 1. The molecule has 0 aromatic heterocycles. The Balaban J connectivity index is 1.89. The van der Waals surface area contributed by atoms with Crippen LogP contribution in [0.5, 0.6) is 0 Å². The molecule has 0 bridgehead atoms. The van der Waals surface area contributed by atoms with Crippen LogP contribution in [-0.4, -0.2) is 34.6 Å². The minimum Gasteiger partial charge on any atom is -0.444 e.